The van der Waals surface area contributed by atoms with Crippen molar-refractivity contribution in [1.82, 2.24) is 10.2 Å². The van der Waals surface area contributed by atoms with E-state index in [0.29, 0.717) is 18.6 Å². The third-order valence-corrected chi connectivity index (χ3v) is 3.30. The van der Waals surface area contributed by atoms with Gasteiger partial charge in [0.05, 0.1) is 6.54 Å². The molecule has 18 heavy (non-hydrogen) atoms. The van der Waals surface area contributed by atoms with Crippen molar-refractivity contribution in [1.29, 1.82) is 0 Å². The van der Waals surface area contributed by atoms with Crippen LogP contribution in [0.4, 0.5) is 5.69 Å². The van der Waals surface area contributed by atoms with Crippen LogP contribution >= 0.6 is 0 Å². The van der Waals surface area contributed by atoms with Crippen LogP contribution in [0.5, 0.6) is 0 Å². The minimum Gasteiger partial charge on any atom is -0.325 e. The van der Waals surface area contributed by atoms with E-state index in [1.165, 1.54) is 0 Å². The molecule has 1 fully saturated rings. The van der Waals surface area contributed by atoms with Gasteiger partial charge in [0.2, 0.25) is 5.91 Å². The van der Waals surface area contributed by atoms with Crippen LogP contribution in [-0.4, -0.2) is 42.5 Å². The number of piperazine rings is 1. The molecular formula is C14H21N3O. The van der Waals surface area contributed by atoms with Gasteiger partial charge in [0.1, 0.15) is 0 Å². The summed E-state index contributed by atoms with van der Waals surface area (Å²) >= 11 is 0. The molecule has 0 saturated carbocycles. The molecule has 1 aliphatic heterocycles. The lowest BCUT2D eigenvalue weighted by Crippen LogP contribution is -2.55. The van der Waals surface area contributed by atoms with Gasteiger partial charge in [-0.3, -0.25) is 9.69 Å². The Hall–Kier alpha value is -1.39. The number of nitrogens with one attached hydrogen (secondary N) is 2. The average molecular weight is 247 g/mol. The summed E-state index contributed by atoms with van der Waals surface area (Å²) in [5, 5.41) is 6.33. The fourth-order valence-electron chi connectivity index (χ4n) is 2.22. The number of amides is 1. The van der Waals surface area contributed by atoms with Crippen molar-refractivity contribution in [3.05, 3.63) is 30.3 Å². The maximum absolute atomic E-state index is 12.0. The van der Waals surface area contributed by atoms with Gasteiger partial charge < -0.3 is 10.6 Å². The molecule has 0 radical (unpaired) electrons. The van der Waals surface area contributed by atoms with E-state index in [4.69, 9.17) is 0 Å². The molecule has 0 bridgehead atoms. The Morgan fingerprint density at radius 1 is 1.39 bits per heavy atom. The molecule has 0 spiro atoms. The predicted octanol–water partition coefficient (Wildman–Crippen LogP) is 1.31. The summed E-state index contributed by atoms with van der Waals surface area (Å²) in [6, 6.07) is 10.4. The van der Waals surface area contributed by atoms with Gasteiger partial charge in [-0.1, -0.05) is 18.2 Å². The first kappa shape index (κ1) is 13.1. The van der Waals surface area contributed by atoms with Crippen LogP contribution in [-0.2, 0) is 4.79 Å². The van der Waals surface area contributed by atoms with Gasteiger partial charge in [-0.25, -0.2) is 0 Å². The summed E-state index contributed by atoms with van der Waals surface area (Å²) in [5.41, 5.74) is 0.860. The first-order chi connectivity index (χ1) is 8.65. The van der Waals surface area contributed by atoms with Gasteiger partial charge in [0.15, 0.2) is 0 Å². The van der Waals surface area contributed by atoms with Crippen LogP contribution in [0.3, 0.4) is 0 Å². The van der Waals surface area contributed by atoms with E-state index in [1.54, 1.807) is 0 Å². The number of carbonyl (C=O) groups excluding carboxylic acids is 1. The number of benzene rings is 1. The van der Waals surface area contributed by atoms with Crippen molar-refractivity contribution in [3.63, 3.8) is 0 Å². The largest absolute Gasteiger partial charge is 0.325 e. The maximum Gasteiger partial charge on any atom is 0.238 e. The van der Waals surface area contributed by atoms with Crippen LogP contribution in [0, 0.1) is 0 Å². The van der Waals surface area contributed by atoms with E-state index in [0.717, 1.165) is 18.8 Å². The first-order valence-electron chi connectivity index (χ1n) is 6.47. The monoisotopic (exact) mass is 247 g/mol. The van der Waals surface area contributed by atoms with Crippen molar-refractivity contribution >= 4 is 11.6 Å². The lowest BCUT2D eigenvalue weighted by molar-refractivity contribution is -0.118. The molecule has 0 aliphatic carbocycles. The lowest BCUT2D eigenvalue weighted by Gasteiger charge is -2.36. The summed E-state index contributed by atoms with van der Waals surface area (Å²) in [6.07, 6.45) is 0. The zero-order valence-corrected chi connectivity index (χ0v) is 11.0. The smallest absolute Gasteiger partial charge is 0.238 e. The highest BCUT2D eigenvalue weighted by atomic mass is 16.2. The molecule has 1 saturated heterocycles. The summed E-state index contributed by atoms with van der Waals surface area (Å²) in [4.78, 5) is 14.2. The van der Waals surface area contributed by atoms with Gasteiger partial charge in [0, 0.05) is 30.9 Å². The highest BCUT2D eigenvalue weighted by Crippen LogP contribution is 2.08. The minimum atomic E-state index is 0.0575. The Morgan fingerprint density at radius 2 is 2.11 bits per heavy atom. The van der Waals surface area contributed by atoms with Crippen LogP contribution < -0.4 is 10.6 Å². The number of nitrogens with zero attached hydrogens (tertiary/aromatic N) is 1. The standard InChI is InChI=1S/C14H21N3O/c1-11-9-17(12(2)8-15-11)10-14(18)16-13-6-4-3-5-7-13/h3-7,11-12,15H,8-10H2,1-2H3,(H,16,18). The molecule has 1 aromatic rings. The van der Waals surface area contributed by atoms with Crippen LogP contribution in [0.15, 0.2) is 30.3 Å². The SMILES string of the molecule is CC1CN(CC(=O)Nc2ccccc2)C(C)CN1. The molecule has 2 unspecified atom stereocenters. The number of carbonyl (C=O) groups is 1. The number of rotatable bonds is 3. The molecule has 4 heteroatoms. The molecule has 4 nitrogen and oxygen atoms in total. The van der Waals surface area contributed by atoms with Gasteiger partial charge in [-0.2, -0.15) is 0 Å². The Balaban J connectivity index is 1.87. The Kier molecular flexibility index (Phi) is 4.33. The molecule has 2 atom stereocenters. The second kappa shape index (κ2) is 5.98. The van der Waals surface area contributed by atoms with Gasteiger partial charge >= 0.3 is 0 Å². The molecule has 98 valence electrons. The van der Waals surface area contributed by atoms with Crippen molar-refractivity contribution in [2.45, 2.75) is 25.9 Å². The summed E-state index contributed by atoms with van der Waals surface area (Å²) in [5.74, 6) is 0.0575. The van der Waals surface area contributed by atoms with Crippen molar-refractivity contribution < 1.29 is 4.79 Å². The first-order valence-corrected chi connectivity index (χ1v) is 6.47. The maximum atomic E-state index is 12.0. The molecular weight excluding hydrogens is 226 g/mol. The number of hydrogen-bond donors (Lipinski definition) is 2. The van der Waals surface area contributed by atoms with Crippen LogP contribution in [0.25, 0.3) is 0 Å². The summed E-state index contributed by atoms with van der Waals surface area (Å²) < 4.78 is 0. The van der Waals surface area contributed by atoms with Gasteiger partial charge in [0.25, 0.3) is 0 Å². The Bertz CT molecular complexity index is 393. The Labute approximate surface area is 108 Å². The fourth-order valence-corrected chi connectivity index (χ4v) is 2.22. The third-order valence-electron chi connectivity index (χ3n) is 3.30. The van der Waals surface area contributed by atoms with E-state index in [-0.39, 0.29) is 5.91 Å². The van der Waals surface area contributed by atoms with Crippen LogP contribution in [0.1, 0.15) is 13.8 Å². The van der Waals surface area contributed by atoms with E-state index in [9.17, 15) is 4.79 Å². The highest BCUT2D eigenvalue weighted by molar-refractivity contribution is 5.92. The molecule has 1 aromatic carbocycles. The molecule has 2 rings (SSSR count). The highest BCUT2D eigenvalue weighted by Gasteiger charge is 2.23. The molecule has 1 amide bonds. The average Bonchev–Trinajstić information content (AvgIpc) is 2.35. The summed E-state index contributed by atoms with van der Waals surface area (Å²) in [7, 11) is 0. The van der Waals surface area contributed by atoms with E-state index in [2.05, 4.69) is 29.4 Å². The predicted molar refractivity (Wildman–Crippen MR) is 73.6 cm³/mol. The zero-order chi connectivity index (χ0) is 13.0. The fraction of sp³-hybridized carbons (Fsp3) is 0.500. The molecule has 1 aliphatic rings. The van der Waals surface area contributed by atoms with Crippen molar-refractivity contribution in [2.75, 3.05) is 25.0 Å². The van der Waals surface area contributed by atoms with Gasteiger partial charge in [-0.05, 0) is 26.0 Å². The second-order valence-electron chi connectivity index (χ2n) is 5.00. The van der Waals surface area contributed by atoms with Crippen LogP contribution in [0.2, 0.25) is 0 Å². The topological polar surface area (TPSA) is 44.4 Å². The van der Waals surface area contributed by atoms with Gasteiger partial charge in [-0.15, -0.1) is 0 Å². The summed E-state index contributed by atoms with van der Waals surface area (Å²) in [6.45, 7) is 6.62. The lowest BCUT2D eigenvalue weighted by atomic mass is 10.1. The van der Waals surface area contributed by atoms with E-state index >= 15 is 0 Å². The zero-order valence-electron chi connectivity index (χ0n) is 11.0. The number of para-hydroxylation sites is 1. The normalized spacial score (nSPS) is 24.8. The quantitative estimate of drug-likeness (QED) is 0.846. The molecule has 1 heterocycles. The van der Waals surface area contributed by atoms with Crippen molar-refractivity contribution in [2.24, 2.45) is 0 Å². The van der Waals surface area contributed by atoms with E-state index < -0.39 is 0 Å². The van der Waals surface area contributed by atoms with Crippen molar-refractivity contribution in [3.8, 4) is 0 Å². The third kappa shape index (κ3) is 3.55. The number of hydrogen-bond acceptors (Lipinski definition) is 3. The molecule has 0 aromatic heterocycles. The number of anilines is 1. The Morgan fingerprint density at radius 3 is 2.83 bits per heavy atom. The molecule has 2 N–H and O–H groups in total. The second-order valence-corrected chi connectivity index (χ2v) is 5.00. The van der Waals surface area contributed by atoms with E-state index in [1.807, 2.05) is 30.3 Å². The minimum absolute atomic E-state index is 0.0575.